The number of carbonyl (C=O) groups excluding carboxylic acids is 1. The van der Waals surface area contributed by atoms with Gasteiger partial charge in [-0.3, -0.25) is 9.59 Å². The Morgan fingerprint density at radius 2 is 2.17 bits per heavy atom. The third-order valence-electron chi connectivity index (χ3n) is 2.60. The number of carbonyl (C=O) groups is 2. The molecule has 1 aromatic rings. The molecule has 5 nitrogen and oxygen atoms in total. The van der Waals surface area contributed by atoms with E-state index in [9.17, 15) is 9.59 Å². The van der Waals surface area contributed by atoms with Crippen LogP contribution in [0, 0.1) is 0 Å². The first kappa shape index (κ1) is 14.2. The minimum absolute atomic E-state index is 0.0753. The summed E-state index contributed by atoms with van der Waals surface area (Å²) in [4.78, 5) is 22.1. The Kier molecular flexibility index (Phi) is 5.32. The summed E-state index contributed by atoms with van der Waals surface area (Å²) >= 11 is 0. The molecule has 5 heteroatoms. The smallest absolute Gasteiger partial charge is 0.303 e. The number of nitrogens with two attached hydrogens (primary N) is 1. The molecule has 1 rings (SSSR count). The van der Waals surface area contributed by atoms with Gasteiger partial charge in [0, 0.05) is 12.1 Å². The fourth-order valence-electron chi connectivity index (χ4n) is 1.48. The van der Waals surface area contributed by atoms with Crippen LogP contribution in [0.5, 0.6) is 0 Å². The number of carboxylic acid groups (broad SMARTS) is 1. The molecule has 0 aliphatic rings. The van der Waals surface area contributed by atoms with Gasteiger partial charge in [-0.25, -0.2) is 0 Å². The van der Waals surface area contributed by atoms with Crippen molar-refractivity contribution in [2.24, 2.45) is 5.73 Å². The molecular weight excluding hydrogens is 232 g/mol. The quantitative estimate of drug-likeness (QED) is 0.711. The van der Waals surface area contributed by atoms with Gasteiger partial charge < -0.3 is 16.2 Å². The summed E-state index contributed by atoms with van der Waals surface area (Å²) in [6.45, 7) is 1.84. The molecule has 98 valence electrons. The van der Waals surface area contributed by atoms with Crippen LogP contribution in [0.1, 0.15) is 25.3 Å². The molecule has 18 heavy (non-hydrogen) atoms. The van der Waals surface area contributed by atoms with Gasteiger partial charge in [0.25, 0.3) is 0 Å². The average Bonchev–Trinajstić information content (AvgIpc) is 2.35. The fourth-order valence-corrected chi connectivity index (χ4v) is 1.48. The molecule has 1 atom stereocenters. The number of hydrogen-bond donors (Lipinski definition) is 3. The number of aliphatic carboxylic acids is 1. The minimum atomic E-state index is -0.836. The Labute approximate surface area is 106 Å². The van der Waals surface area contributed by atoms with Gasteiger partial charge in [0.15, 0.2) is 0 Å². The number of aryl methyl sites for hydroxylation is 1. The van der Waals surface area contributed by atoms with E-state index in [1.54, 1.807) is 18.2 Å². The molecule has 0 saturated carbocycles. The standard InChI is InChI=1S/C13H18N2O3/c1-2-11(14)13(18)15-10-5-3-4-9(8-10)6-7-12(16)17/h3-5,8,11H,2,6-7,14H2,1H3,(H,15,18)(H,16,17)/t11-/m0/s1. The number of amides is 1. The number of nitrogens with one attached hydrogen (secondary N) is 1. The van der Waals surface area contributed by atoms with Crippen molar-refractivity contribution in [2.75, 3.05) is 5.32 Å². The van der Waals surface area contributed by atoms with Crippen LogP contribution in [-0.2, 0) is 16.0 Å². The molecule has 0 aliphatic carbocycles. The summed E-state index contributed by atoms with van der Waals surface area (Å²) in [5.41, 5.74) is 7.13. The van der Waals surface area contributed by atoms with Gasteiger partial charge in [0.2, 0.25) is 5.91 Å². The van der Waals surface area contributed by atoms with E-state index in [0.717, 1.165) is 5.56 Å². The Hall–Kier alpha value is -1.88. The molecule has 0 spiro atoms. The van der Waals surface area contributed by atoms with Crippen molar-refractivity contribution in [3.05, 3.63) is 29.8 Å². The fraction of sp³-hybridized carbons (Fsp3) is 0.385. The van der Waals surface area contributed by atoms with Crippen molar-refractivity contribution in [1.82, 2.24) is 0 Å². The third kappa shape index (κ3) is 4.55. The maximum Gasteiger partial charge on any atom is 0.303 e. The molecule has 0 fully saturated rings. The Morgan fingerprint density at radius 1 is 1.44 bits per heavy atom. The van der Waals surface area contributed by atoms with Gasteiger partial charge in [-0.1, -0.05) is 19.1 Å². The van der Waals surface area contributed by atoms with Gasteiger partial charge in [-0.2, -0.15) is 0 Å². The summed E-state index contributed by atoms with van der Waals surface area (Å²) in [6, 6.07) is 6.61. The van der Waals surface area contributed by atoms with Crippen LogP contribution in [0.2, 0.25) is 0 Å². The second-order valence-electron chi connectivity index (χ2n) is 4.10. The second-order valence-corrected chi connectivity index (χ2v) is 4.10. The highest BCUT2D eigenvalue weighted by atomic mass is 16.4. The maximum atomic E-state index is 11.6. The predicted molar refractivity (Wildman–Crippen MR) is 69.3 cm³/mol. The Balaban J connectivity index is 2.64. The highest BCUT2D eigenvalue weighted by molar-refractivity contribution is 5.94. The van der Waals surface area contributed by atoms with Crippen molar-refractivity contribution in [2.45, 2.75) is 32.2 Å². The van der Waals surface area contributed by atoms with E-state index in [0.29, 0.717) is 18.5 Å². The van der Waals surface area contributed by atoms with Crippen molar-refractivity contribution in [3.8, 4) is 0 Å². The van der Waals surface area contributed by atoms with Gasteiger partial charge in [-0.15, -0.1) is 0 Å². The molecule has 0 unspecified atom stereocenters. The third-order valence-corrected chi connectivity index (χ3v) is 2.60. The lowest BCUT2D eigenvalue weighted by Crippen LogP contribution is -2.34. The van der Waals surface area contributed by atoms with Gasteiger partial charge in [0.05, 0.1) is 6.04 Å². The van der Waals surface area contributed by atoms with E-state index in [4.69, 9.17) is 10.8 Å². The molecule has 4 N–H and O–H groups in total. The number of carboxylic acids is 1. The van der Waals surface area contributed by atoms with Crippen LogP contribution in [0.3, 0.4) is 0 Å². The normalized spacial score (nSPS) is 11.9. The van der Waals surface area contributed by atoms with E-state index >= 15 is 0 Å². The number of benzene rings is 1. The largest absolute Gasteiger partial charge is 0.481 e. The van der Waals surface area contributed by atoms with E-state index in [2.05, 4.69) is 5.32 Å². The van der Waals surface area contributed by atoms with Crippen LogP contribution >= 0.6 is 0 Å². The lowest BCUT2D eigenvalue weighted by molar-refractivity contribution is -0.137. The summed E-state index contributed by atoms with van der Waals surface area (Å²) in [6.07, 6.45) is 1.09. The topological polar surface area (TPSA) is 92.4 Å². The molecule has 1 aromatic carbocycles. The summed E-state index contributed by atoms with van der Waals surface area (Å²) in [7, 11) is 0. The molecule has 1 amide bonds. The number of hydrogen-bond acceptors (Lipinski definition) is 3. The summed E-state index contributed by atoms with van der Waals surface area (Å²) < 4.78 is 0. The van der Waals surface area contributed by atoms with Gasteiger partial charge in [-0.05, 0) is 30.5 Å². The molecule has 0 radical (unpaired) electrons. The zero-order chi connectivity index (χ0) is 13.5. The van der Waals surface area contributed by atoms with Crippen LogP contribution in [0.15, 0.2) is 24.3 Å². The van der Waals surface area contributed by atoms with Crippen LogP contribution < -0.4 is 11.1 Å². The van der Waals surface area contributed by atoms with Crippen LogP contribution in [0.25, 0.3) is 0 Å². The van der Waals surface area contributed by atoms with Crippen molar-refractivity contribution in [3.63, 3.8) is 0 Å². The average molecular weight is 250 g/mol. The molecule has 0 aromatic heterocycles. The van der Waals surface area contributed by atoms with Gasteiger partial charge >= 0.3 is 5.97 Å². The predicted octanol–water partition coefficient (Wildman–Crippen LogP) is 1.38. The van der Waals surface area contributed by atoms with Crippen LogP contribution in [-0.4, -0.2) is 23.0 Å². The Bertz CT molecular complexity index is 432. The first-order valence-electron chi connectivity index (χ1n) is 5.90. The molecular formula is C13H18N2O3. The molecule has 0 bridgehead atoms. The summed E-state index contributed by atoms with van der Waals surface area (Å²) in [5, 5.41) is 11.3. The minimum Gasteiger partial charge on any atom is -0.481 e. The zero-order valence-corrected chi connectivity index (χ0v) is 10.3. The van der Waals surface area contributed by atoms with Crippen molar-refractivity contribution < 1.29 is 14.7 Å². The van der Waals surface area contributed by atoms with E-state index in [1.165, 1.54) is 0 Å². The SMILES string of the molecule is CC[C@H](N)C(=O)Nc1cccc(CCC(=O)O)c1. The van der Waals surface area contributed by atoms with Crippen molar-refractivity contribution in [1.29, 1.82) is 0 Å². The van der Waals surface area contributed by atoms with Crippen LogP contribution in [0.4, 0.5) is 5.69 Å². The lowest BCUT2D eigenvalue weighted by atomic mass is 10.1. The molecule has 0 saturated heterocycles. The van der Waals surface area contributed by atoms with Crippen molar-refractivity contribution >= 4 is 17.6 Å². The number of rotatable bonds is 6. The van der Waals surface area contributed by atoms with Gasteiger partial charge in [0.1, 0.15) is 0 Å². The van der Waals surface area contributed by atoms with E-state index < -0.39 is 12.0 Å². The Morgan fingerprint density at radius 3 is 2.78 bits per heavy atom. The van der Waals surface area contributed by atoms with E-state index in [1.807, 2.05) is 13.0 Å². The summed E-state index contributed by atoms with van der Waals surface area (Å²) in [5.74, 6) is -1.06. The number of anilines is 1. The highest BCUT2D eigenvalue weighted by Gasteiger charge is 2.11. The molecule has 0 heterocycles. The first-order valence-corrected chi connectivity index (χ1v) is 5.90. The first-order chi connectivity index (χ1) is 8.52. The van der Waals surface area contributed by atoms with E-state index in [-0.39, 0.29) is 12.3 Å². The highest BCUT2D eigenvalue weighted by Crippen LogP contribution is 2.12. The monoisotopic (exact) mass is 250 g/mol. The maximum absolute atomic E-state index is 11.6. The molecule has 0 aliphatic heterocycles. The second kappa shape index (κ2) is 6.76. The lowest BCUT2D eigenvalue weighted by Gasteiger charge is -2.10. The zero-order valence-electron chi connectivity index (χ0n) is 10.3.